The number of halogens is 2. The lowest BCUT2D eigenvalue weighted by Gasteiger charge is -2.19. The van der Waals surface area contributed by atoms with E-state index in [4.69, 9.17) is 29.9 Å². The van der Waals surface area contributed by atoms with Gasteiger partial charge in [-0.05, 0) is 78.4 Å². The molecule has 10 aromatic carbocycles. The molecular weight excluding hydrogens is 969 g/mol. The highest BCUT2D eigenvalue weighted by molar-refractivity contribution is 6.12. The van der Waals surface area contributed by atoms with Gasteiger partial charge < -0.3 is 9.13 Å². The van der Waals surface area contributed by atoms with Gasteiger partial charge in [-0.3, -0.25) is 0 Å². The van der Waals surface area contributed by atoms with Crippen LogP contribution in [0.2, 0.25) is 0 Å². The molecule has 11 heteroatoms. The van der Waals surface area contributed by atoms with Gasteiger partial charge >= 0.3 is 0 Å². The van der Waals surface area contributed by atoms with Gasteiger partial charge in [-0.1, -0.05) is 164 Å². The normalized spacial score (nSPS) is 11.4. The summed E-state index contributed by atoms with van der Waals surface area (Å²) in [6, 6.07) is 77.1. The van der Waals surface area contributed by atoms with Gasteiger partial charge in [0, 0.05) is 54.9 Å². The summed E-state index contributed by atoms with van der Waals surface area (Å²) < 4.78 is 36.6. The first-order valence-corrected chi connectivity index (χ1v) is 25.3. The Labute approximate surface area is 445 Å². The van der Waals surface area contributed by atoms with Crippen LogP contribution in [0.5, 0.6) is 0 Å². The van der Waals surface area contributed by atoms with Crippen molar-refractivity contribution in [1.82, 2.24) is 39.0 Å². The van der Waals surface area contributed by atoms with Crippen LogP contribution in [0.3, 0.4) is 0 Å². The fraction of sp³-hybridized carbons (Fsp3) is 0. The topological polar surface area (TPSA) is 111 Å². The van der Waals surface area contributed by atoms with Crippen molar-refractivity contribution in [2.75, 3.05) is 0 Å². The summed E-state index contributed by atoms with van der Waals surface area (Å²) in [4.78, 5) is 29.9. The van der Waals surface area contributed by atoms with E-state index in [9.17, 15) is 5.26 Å². The average Bonchev–Trinajstić information content (AvgIpc) is 4.17. The summed E-state index contributed by atoms with van der Waals surface area (Å²) in [5.41, 5.74) is 9.13. The van der Waals surface area contributed by atoms with Crippen molar-refractivity contribution in [3.8, 4) is 96.9 Å². The number of benzene rings is 10. The summed E-state index contributed by atoms with van der Waals surface area (Å²) in [6.07, 6.45) is 0. The minimum Gasteiger partial charge on any atom is -0.308 e. The molecule has 9 nitrogen and oxygen atoms in total. The number of nitriles is 1. The van der Waals surface area contributed by atoms with Crippen LogP contribution in [0.4, 0.5) is 8.78 Å². The molecule has 366 valence electrons. The highest BCUT2D eigenvalue weighted by Gasteiger charge is 2.26. The Morgan fingerprint density at radius 3 is 0.974 bits per heavy atom. The SMILES string of the molecule is N#Cc1c(-n2c3ccccc3c3cc(-c4nc(-c5ccccc5)nc(-c5ccccc5)n4)ccc32)cc(-c2c(F)cccc2F)cc1-n1c2ccccc2c2cc(-c3nc(-c4ccccc4)nc(-c4ccccc4)n3)ccc21. The van der Waals surface area contributed by atoms with Crippen molar-refractivity contribution in [2.45, 2.75) is 0 Å². The molecule has 14 aromatic rings. The molecule has 4 aromatic heterocycles. The Kier molecular flexibility index (Phi) is 11.0. The molecule has 0 bridgehead atoms. The zero-order valence-corrected chi connectivity index (χ0v) is 41.3. The number of hydrogen-bond acceptors (Lipinski definition) is 7. The van der Waals surface area contributed by atoms with Crippen LogP contribution < -0.4 is 0 Å². The Balaban J connectivity index is 0.994. The number of nitrogens with zero attached hydrogens (tertiary/aromatic N) is 9. The summed E-state index contributed by atoms with van der Waals surface area (Å²) in [7, 11) is 0. The highest BCUT2D eigenvalue weighted by atomic mass is 19.1. The fourth-order valence-electron chi connectivity index (χ4n) is 10.6. The Bertz CT molecular complexity index is 4300. The predicted octanol–water partition coefficient (Wildman–Crippen LogP) is 16.1. The van der Waals surface area contributed by atoms with Crippen molar-refractivity contribution in [2.24, 2.45) is 0 Å². The van der Waals surface area contributed by atoms with Crippen LogP contribution in [0.1, 0.15) is 5.56 Å². The lowest BCUT2D eigenvalue weighted by molar-refractivity contribution is 0.589. The average molecular weight is 1010 g/mol. The molecule has 4 heterocycles. The van der Waals surface area contributed by atoms with Gasteiger partial charge in [0.15, 0.2) is 34.9 Å². The third-order valence-electron chi connectivity index (χ3n) is 14.2. The van der Waals surface area contributed by atoms with Crippen LogP contribution in [0, 0.1) is 23.0 Å². The van der Waals surface area contributed by atoms with Gasteiger partial charge in [0.25, 0.3) is 0 Å². The predicted molar refractivity (Wildman–Crippen MR) is 305 cm³/mol. The number of rotatable bonds is 9. The van der Waals surface area contributed by atoms with E-state index in [0.29, 0.717) is 46.3 Å². The van der Waals surface area contributed by atoms with Crippen molar-refractivity contribution in [3.05, 3.63) is 254 Å². The van der Waals surface area contributed by atoms with Crippen molar-refractivity contribution < 1.29 is 8.78 Å². The van der Waals surface area contributed by atoms with Crippen LogP contribution in [0.25, 0.3) is 134 Å². The van der Waals surface area contributed by atoms with Crippen LogP contribution in [-0.2, 0) is 0 Å². The smallest absolute Gasteiger partial charge is 0.164 e. The Morgan fingerprint density at radius 1 is 0.295 bits per heavy atom. The van der Waals surface area contributed by atoms with Gasteiger partial charge in [0.1, 0.15) is 23.3 Å². The molecule has 14 rings (SSSR count). The third-order valence-corrected chi connectivity index (χ3v) is 14.2. The number of fused-ring (bicyclic) bond motifs is 6. The molecule has 0 aliphatic heterocycles. The minimum absolute atomic E-state index is 0.216. The number of hydrogen-bond donors (Lipinski definition) is 0. The molecule has 0 fully saturated rings. The largest absolute Gasteiger partial charge is 0.308 e. The molecule has 0 aliphatic carbocycles. The van der Waals surface area contributed by atoms with Crippen LogP contribution in [0.15, 0.2) is 237 Å². The molecule has 0 atom stereocenters. The van der Waals surface area contributed by atoms with Crippen LogP contribution >= 0.6 is 0 Å². The molecular formula is C67H39F2N9. The van der Waals surface area contributed by atoms with Crippen molar-refractivity contribution >= 4 is 43.6 Å². The molecule has 0 spiro atoms. The molecule has 0 unspecified atom stereocenters. The van der Waals surface area contributed by atoms with Gasteiger partial charge in [-0.15, -0.1) is 0 Å². The molecule has 0 saturated carbocycles. The second kappa shape index (κ2) is 18.8. The van der Waals surface area contributed by atoms with E-state index in [1.165, 1.54) is 18.2 Å². The summed E-state index contributed by atoms with van der Waals surface area (Å²) in [5.74, 6) is 1.63. The first-order valence-electron chi connectivity index (χ1n) is 25.3. The maximum Gasteiger partial charge on any atom is 0.164 e. The second-order valence-electron chi connectivity index (χ2n) is 18.8. The van der Waals surface area contributed by atoms with Gasteiger partial charge in [0.2, 0.25) is 0 Å². The molecule has 0 saturated heterocycles. The van der Waals surface area contributed by atoms with E-state index in [1.807, 2.05) is 203 Å². The van der Waals surface area contributed by atoms with E-state index >= 15 is 8.78 Å². The summed E-state index contributed by atoms with van der Waals surface area (Å²) in [6.45, 7) is 0. The van der Waals surface area contributed by atoms with Gasteiger partial charge in [0.05, 0.1) is 39.0 Å². The fourth-order valence-corrected chi connectivity index (χ4v) is 10.6. The van der Waals surface area contributed by atoms with E-state index < -0.39 is 11.6 Å². The number of aromatic nitrogens is 8. The number of para-hydroxylation sites is 2. The quantitative estimate of drug-likeness (QED) is 0.142. The molecule has 0 amide bonds. The third kappa shape index (κ3) is 7.83. The van der Waals surface area contributed by atoms with Gasteiger partial charge in [-0.25, -0.2) is 38.7 Å². The lowest BCUT2D eigenvalue weighted by atomic mass is 9.99. The molecule has 0 radical (unpaired) electrons. The van der Waals surface area contributed by atoms with E-state index in [2.05, 4.69) is 18.2 Å². The van der Waals surface area contributed by atoms with E-state index in [0.717, 1.165) is 77.0 Å². The standard InChI is InChI=1S/C67H39F2N9/c68-53-28-17-29-54(69)61(53)47-38-59(77-55-30-15-13-26-48(55)50-36-45(32-34-57(50)77)66-73-62(41-18-5-1-6-19-41)71-63(74-66)42-20-7-2-8-21-42)52(40-70)60(39-47)78-56-31-16-14-27-49(56)51-37-46(33-35-58(51)78)67-75-64(43-22-9-3-10-23-43)72-65(76-67)44-24-11-4-12-25-44/h1-39H. The first-order chi connectivity index (χ1) is 38.5. The lowest BCUT2D eigenvalue weighted by Crippen LogP contribution is -2.06. The van der Waals surface area contributed by atoms with Crippen molar-refractivity contribution in [1.29, 1.82) is 5.26 Å². The summed E-state index contributed by atoms with van der Waals surface area (Å²) >= 11 is 0. The zero-order valence-electron chi connectivity index (χ0n) is 41.3. The molecule has 78 heavy (non-hydrogen) atoms. The highest BCUT2D eigenvalue weighted by Crippen LogP contribution is 2.43. The molecule has 0 N–H and O–H groups in total. The van der Waals surface area contributed by atoms with E-state index in [-0.39, 0.29) is 16.7 Å². The maximum absolute atomic E-state index is 16.3. The zero-order chi connectivity index (χ0) is 52.3. The second-order valence-corrected chi connectivity index (χ2v) is 18.8. The van der Waals surface area contributed by atoms with E-state index in [1.54, 1.807) is 12.1 Å². The molecule has 0 aliphatic rings. The first kappa shape index (κ1) is 45.8. The Hall–Kier alpha value is -10.8. The maximum atomic E-state index is 16.3. The Morgan fingerprint density at radius 2 is 0.615 bits per heavy atom. The van der Waals surface area contributed by atoms with Crippen LogP contribution in [-0.4, -0.2) is 39.0 Å². The minimum atomic E-state index is -0.737. The summed E-state index contributed by atoms with van der Waals surface area (Å²) in [5, 5.41) is 15.1. The monoisotopic (exact) mass is 1010 g/mol. The van der Waals surface area contributed by atoms with Gasteiger partial charge in [-0.2, -0.15) is 5.26 Å². The van der Waals surface area contributed by atoms with Crippen molar-refractivity contribution in [3.63, 3.8) is 0 Å².